The maximum atomic E-state index is 13.0. The van der Waals surface area contributed by atoms with Gasteiger partial charge in [0.05, 0.1) is 11.6 Å². The van der Waals surface area contributed by atoms with Gasteiger partial charge in [0.2, 0.25) is 0 Å². The van der Waals surface area contributed by atoms with Crippen LogP contribution in [0.5, 0.6) is 0 Å². The Balaban J connectivity index is 1.71. The van der Waals surface area contributed by atoms with Crippen LogP contribution < -0.4 is 0 Å². The normalized spacial score (nSPS) is 17.0. The molecule has 1 heterocycles. The fourth-order valence-electron chi connectivity index (χ4n) is 3.10. The highest BCUT2D eigenvalue weighted by Crippen LogP contribution is 2.23. The Kier molecular flexibility index (Phi) is 4.90. The minimum absolute atomic E-state index is 0.0129. The first-order valence-corrected chi connectivity index (χ1v) is 8.17. The minimum atomic E-state index is -0.385. The topological polar surface area (TPSA) is 61.2 Å². The summed E-state index contributed by atoms with van der Waals surface area (Å²) in [6, 6.07) is 14.0. The van der Waals surface area contributed by atoms with Gasteiger partial charge in [-0.25, -0.2) is 4.39 Å². The standard InChI is InChI=1S/C20H17FN2O2/c21-18-9-7-16(8-10-18)20(25)23-11-1-2-17(13-23)19(24)15-5-3-14(12-22)4-6-15/h3-10,17H,1-2,11,13H2. The van der Waals surface area contributed by atoms with Crippen LogP contribution in [0.25, 0.3) is 0 Å². The second kappa shape index (κ2) is 7.27. The zero-order valence-electron chi connectivity index (χ0n) is 13.6. The lowest BCUT2D eigenvalue weighted by molar-refractivity contribution is 0.0637. The molecule has 1 unspecified atom stereocenters. The van der Waals surface area contributed by atoms with Gasteiger partial charge in [-0.2, -0.15) is 5.26 Å². The summed E-state index contributed by atoms with van der Waals surface area (Å²) in [4.78, 5) is 26.9. The highest BCUT2D eigenvalue weighted by atomic mass is 19.1. The van der Waals surface area contributed by atoms with Gasteiger partial charge >= 0.3 is 0 Å². The molecule has 0 bridgehead atoms. The van der Waals surface area contributed by atoms with E-state index in [0.717, 1.165) is 12.8 Å². The first-order valence-electron chi connectivity index (χ1n) is 8.17. The smallest absolute Gasteiger partial charge is 0.253 e. The van der Waals surface area contributed by atoms with Crippen LogP contribution in [0, 0.1) is 23.1 Å². The van der Waals surface area contributed by atoms with E-state index in [2.05, 4.69) is 0 Å². The van der Waals surface area contributed by atoms with Gasteiger partial charge < -0.3 is 4.90 Å². The lowest BCUT2D eigenvalue weighted by Crippen LogP contribution is -2.42. The number of Topliss-reactive ketones (excluding diaryl/α,β-unsaturated/α-hetero) is 1. The van der Waals surface area contributed by atoms with Gasteiger partial charge in [-0.3, -0.25) is 9.59 Å². The molecule has 2 aromatic carbocycles. The van der Waals surface area contributed by atoms with Crippen molar-refractivity contribution in [3.05, 3.63) is 71.0 Å². The van der Waals surface area contributed by atoms with Crippen LogP contribution in [0.2, 0.25) is 0 Å². The molecule has 0 saturated carbocycles. The number of nitriles is 1. The summed E-state index contributed by atoms with van der Waals surface area (Å²) >= 11 is 0. The average molecular weight is 336 g/mol. The predicted octanol–water partition coefficient (Wildman–Crippen LogP) is 3.43. The number of benzene rings is 2. The maximum Gasteiger partial charge on any atom is 0.253 e. The molecular weight excluding hydrogens is 319 g/mol. The van der Waals surface area contributed by atoms with Crippen molar-refractivity contribution in [3.63, 3.8) is 0 Å². The van der Waals surface area contributed by atoms with Crippen molar-refractivity contribution in [2.75, 3.05) is 13.1 Å². The average Bonchev–Trinajstić information content (AvgIpc) is 2.67. The minimum Gasteiger partial charge on any atom is -0.338 e. The van der Waals surface area contributed by atoms with Gasteiger partial charge in [0.1, 0.15) is 5.82 Å². The third-order valence-electron chi connectivity index (χ3n) is 4.47. The summed E-state index contributed by atoms with van der Waals surface area (Å²) < 4.78 is 13.0. The van der Waals surface area contributed by atoms with Crippen molar-refractivity contribution >= 4 is 11.7 Å². The molecule has 3 rings (SSSR count). The van der Waals surface area contributed by atoms with Crippen molar-refractivity contribution in [1.29, 1.82) is 5.26 Å². The van der Waals surface area contributed by atoms with Crippen LogP contribution in [-0.2, 0) is 0 Å². The summed E-state index contributed by atoms with van der Waals surface area (Å²) in [6.45, 7) is 0.947. The van der Waals surface area contributed by atoms with Gasteiger partial charge in [-0.15, -0.1) is 0 Å². The van der Waals surface area contributed by atoms with Crippen molar-refractivity contribution in [1.82, 2.24) is 4.90 Å². The monoisotopic (exact) mass is 336 g/mol. The van der Waals surface area contributed by atoms with Crippen molar-refractivity contribution in [2.45, 2.75) is 12.8 Å². The van der Waals surface area contributed by atoms with Crippen LogP contribution >= 0.6 is 0 Å². The van der Waals surface area contributed by atoms with Crippen molar-refractivity contribution in [3.8, 4) is 6.07 Å². The highest BCUT2D eigenvalue weighted by molar-refractivity contribution is 5.99. The molecular formula is C20H17FN2O2. The van der Waals surface area contributed by atoms with Crippen LogP contribution in [0.15, 0.2) is 48.5 Å². The number of hydrogen-bond donors (Lipinski definition) is 0. The molecule has 0 aliphatic carbocycles. The number of ketones is 1. The van der Waals surface area contributed by atoms with Crippen molar-refractivity contribution in [2.24, 2.45) is 5.92 Å². The van der Waals surface area contributed by atoms with E-state index in [1.54, 1.807) is 29.2 Å². The molecule has 0 N–H and O–H groups in total. The van der Waals surface area contributed by atoms with E-state index >= 15 is 0 Å². The number of rotatable bonds is 3. The molecule has 1 aliphatic heterocycles. The second-order valence-electron chi connectivity index (χ2n) is 6.15. The van der Waals surface area contributed by atoms with Gasteiger partial charge in [-0.1, -0.05) is 12.1 Å². The Morgan fingerprint density at radius 2 is 1.68 bits per heavy atom. The molecule has 0 radical (unpaired) electrons. The van der Waals surface area contributed by atoms with E-state index in [1.807, 2.05) is 6.07 Å². The summed E-state index contributed by atoms with van der Waals surface area (Å²) in [6.07, 6.45) is 1.48. The fraction of sp³-hybridized carbons (Fsp3) is 0.250. The summed E-state index contributed by atoms with van der Waals surface area (Å²) in [5.41, 5.74) is 1.49. The zero-order valence-corrected chi connectivity index (χ0v) is 13.6. The van der Waals surface area contributed by atoms with E-state index in [9.17, 15) is 14.0 Å². The molecule has 0 spiro atoms. The SMILES string of the molecule is N#Cc1ccc(C(=O)C2CCCN(C(=O)c3ccc(F)cc3)C2)cc1. The lowest BCUT2D eigenvalue weighted by Gasteiger charge is -2.32. The van der Waals surface area contributed by atoms with Crippen LogP contribution in [0.3, 0.4) is 0 Å². The zero-order chi connectivity index (χ0) is 17.8. The number of amides is 1. The van der Waals surface area contributed by atoms with Crippen LogP contribution in [0.4, 0.5) is 4.39 Å². The fourth-order valence-corrected chi connectivity index (χ4v) is 3.10. The molecule has 25 heavy (non-hydrogen) atoms. The van der Waals surface area contributed by atoms with Crippen molar-refractivity contribution < 1.29 is 14.0 Å². The third-order valence-corrected chi connectivity index (χ3v) is 4.47. The summed E-state index contributed by atoms with van der Waals surface area (Å²) in [5, 5.41) is 8.83. The van der Waals surface area contributed by atoms with E-state index in [-0.39, 0.29) is 23.4 Å². The molecule has 1 saturated heterocycles. The number of nitrogens with zero attached hydrogens (tertiary/aromatic N) is 2. The number of carbonyl (C=O) groups excluding carboxylic acids is 2. The molecule has 1 atom stereocenters. The number of likely N-dealkylation sites (tertiary alicyclic amines) is 1. The van der Waals surface area contributed by atoms with Gasteiger partial charge in [-0.05, 0) is 49.2 Å². The molecule has 4 nitrogen and oxygen atoms in total. The highest BCUT2D eigenvalue weighted by Gasteiger charge is 2.29. The summed E-state index contributed by atoms with van der Waals surface area (Å²) in [5.74, 6) is -0.839. The van der Waals surface area contributed by atoms with Crippen LogP contribution in [0.1, 0.15) is 39.1 Å². The van der Waals surface area contributed by atoms with Crippen LogP contribution in [-0.4, -0.2) is 29.7 Å². The lowest BCUT2D eigenvalue weighted by atomic mass is 9.89. The maximum absolute atomic E-state index is 13.0. The Labute approximate surface area is 145 Å². The van der Waals surface area contributed by atoms with E-state index in [0.29, 0.717) is 29.8 Å². The van der Waals surface area contributed by atoms with Gasteiger partial charge in [0, 0.05) is 30.1 Å². The molecule has 0 aromatic heterocycles. The molecule has 5 heteroatoms. The Bertz CT molecular complexity index is 822. The predicted molar refractivity (Wildman–Crippen MR) is 90.5 cm³/mol. The quantitative estimate of drug-likeness (QED) is 0.807. The van der Waals surface area contributed by atoms with Gasteiger partial charge in [0.15, 0.2) is 5.78 Å². The van der Waals surface area contributed by atoms with E-state index in [4.69, 9.17) is 5.26 Å². The van der Waals surface area contributed by atoms with E-state index in [1.165, 1.54) is 24.3 Å². The van der Waals surface area contributed by atoms with E-state index < -0.39 is 0 Å². The molecule has 126 valence electrons. The first kappa shape index (κ1) is 16.8. The molecule has 1 aliphatic rings. The summed E-state index contributed by atoms with van der Waals surface area (Å²) in [7, 11) is 0. The number of piperidine rings is 1. The molecule has 1 amide bonds. The number of halogens is 1. The first-order chi connectivity index (χ1) is 12.1. The Hall–Kier alpha value is -3.00. The van der Waals surface area contributed by atoms with Gasteiger partial charge in [0.25, 0.3) is 5.91 Å². The Morgan fingerprint density at radius 3 is 2.32 bits per heavy atom. The largest absolute Gasteiger partial charge is 0.338 e. The number of hydrogen-bond acceptors (Lipinski definition) is 3. The molecule has 1 fully saturated rings. The Morgan fingerprint density at radius 1 is 1.04 bits per heavy atom. The third kappa shape index (κ3) is 3.74. The molecule has 2 aromatic rings. The second-order valence-corrected chi connectivity index (χ2v) is 6.15. The number of carbonyl (C=O) groups is 2.